The molecule has 3 N–H and O–H groups in total. The molecule has 2 aliphatic rings. The highest BCUT2D eigenvalue weighted by Gasteiger charge is 2.41. The summed E-state index contributed by atoms with van der Waals surface area (Å²) in [6.45, 7) is 3.29. The van der Waals surface area contributed by atoms with Crippen LogP contribution in [0.4, 0.5) is 5.69 Å². The molecule has 0 bridgehead atoms. The number of ether oxygens (including phenoxy) is 2. The van der Waals surface area contributed by atoms with Crippen LogP contribution >= 0.6 is 24.0 Å². The van der Waals surface area contributed by atoms with Gasteiger partial charge in [0.25, 0.3) is 0 Å². The predicted octanol–water partition coefficient (Wildman–Crippen LogP) is 4.06. The molecular formula is C19H30IN3O2. The minimum absolute atomic E-state index is 0. The Kier molecular flexibility index (Phi) is 7.96. The zero-order chi connectivity index (χ0) is 16.8. The number of nitrogens with zero attached hydrogens (tertiary/aromatic N) is 1. The summed E-state index contributed by atoms with van der Waals surface area (Å²) in [6.07, 6.45) is 7.99. The average molecular weight is 459 g/mol. The second-order valence-corrected chi connectivity index (χ2v) is 6.78. The maximum Gasteiger partial charge on any atom is 0.193 e. The van der Waals surface area contributed by atoms with E-state index in [0.717, 1.165) is 24.9 Å². The van der Waals surface area contributed by atoms with Crippen molar-refractivity contribution in [3.05, 3.63) is 29.8 Å². The summed E-state index contributed by atoms with van der Waals surface area (Å²) in [4.78, 5) is 4.42. The van der Waals surface area contributed by atoms with Crippen LogP contribution in [0, 0.1) is 0 Å². The molecular weight excluding hydrogens is 429 g/mol. The summed E-state index contributed by atoms with van der Waals surface area (Å²) in [5, 5.41) is 3.13. The number of halogens is 1. The highest BCUT2D eigenvalue weighted by atomic mass is 127. The van der Waals surface area contributed by atoms with Crippen LogP contribution in [0.5, 0.6) is 0 Å². The van der Waals surface area contributed by atoms with Crippen LogP contribution in [-0.2, 0) is 15.9 Å². The molecule has 0 aromatic heterocycles. The summed E-state index contributed by atoms with van der Waals surface area (Å²) in [5.41, 5.74) is 8.25. The second kappa shape index (κ2) is 9.73. The zero-order valence-corrected chi connectivity index (χ0v) is 17.3. The molecule has 1 atom stereocenters. The Labute approximate surface area is 167 Å². The molecule has 0 amide bonds. The molecule has 140 valence electrons. The van der Waals surface area contributed by atoms with Crippen molar-refractivity contribution in [3.63, 3.8) is 0 Å². The molecule has 5 nitrogen and oxygen atoms in total. The van der Waals surface area contributed by atoms with E-state index in [4.69, 9.17) is 15.2 Å². The van der Waals surface area contributed by atoms with E-state index < -0.39 is 0 Å². The minimum Gasteiger partial charge on any atom is -0.370 e. The second-order valence-electron chi connectivity index (χ2n) is 6.78. The minimum atomic E-state index is -0.352. The van der Waals surface area contributed by atoms with Crippen LogP contribution < -0.4 is 11.1 Å². The van der Waals surface area contributed by atoms with Gasteiger partial charge in [0.1, 0.15) is 6.10 Å². The summed E-state index contributed by atoms with van der Waals surface area (Å²) in [7, 11) is 0. The van der Waals surface area contributed by atoms with Gasteiger partial charge in [-0.3, -0.25) is 4.99 Å². The first-order valence-corrected chi connectivity index (χ1v) is 9.17. The van der Waals surface area contributed by atoms with Crippen molar-refractivity contribution < 1.29 is 9.47 Å². The van der Waals surface area contributed by atoms with Gasteiger partial charge in [-0.1, -0.05) is 31.9 Å². The molecule has 1 aliphatic carbocycles. The van der Waals surface area contributed by atoms with Gasteiger partial charge in [0.05, 0.1) is 13.2 Å². The van der Waals surface area contributed by atoms with Crippen LogP contribution in [0.25, 0.3) is 0 Å². The van der Waals surface area contributed by atoms with Crippen molar-refractivity contribution >= 4 is 35.6 Å². The quantitative estimate of drug-likeness (QED) is 0.405. The van der Waals surface area contributed by atoms with Crippen LogP contribution in [0.1, 0.15) is 51.0 Å². The molecule has 1 spiro atoms. The van der Waals surface area contributed by atoms with Gasteiger partial charge in [-0.15, -0.1) is 24.0 Å². The molecule has 3 rings (SSSR count). The molecule has 1 aromatic carbocycles. The van der Waals surface area contributed by atoms with Crippen molar-refractivity contribution in [1.29, 1.82) is 0 Å². The monoisotopic (exact) mass is 459 g/mol. The SMILES string of the molecule is CCc1ccc(NC(N)=NCC2COC3(CCCCCC3)O2)cc1.I. The Morgan fingerprint density at radius 1 is 1.20 bits per heavy atom. The highest BCUT2D eigenvalue weighted by molar-refractivity contribution is 14.0. The molecule has 1 saturated heterocycles. The lowest BCUT2D eigenvalue weighted by atomic mass is 10.1. The summed E-state index contributed by atoms with van der Waals surface area (Å²) in [5.74, 6) is 0.0687. The largest absolute Gasteiger partial charge is 0.370 e. The molecule has 1 saturated carbocycles. The van der Waals surface area contributed by atoms with E-state index in [0.29, 0.717) is 19.1 Å². The number of rotatable bonds is 4. The van der Waals surface area contributed by atoms with E-state index in [1.54, 1.807) is 0 Å². The fourth-order valence-electron chi connectivity index (χ4n) is 3.45. The first kappa shape index (κ1) is 20.5. The van der Waals surface area contributed by atoms with Gasteiger partial charge in [0.2, 0.25) is 0 Å². The fraction of sp³-hybridized carbons (Fsp3) is 0.632. The molecule has 6 heteroatoms. The lowest BCUT2D eigenvalue weighted by molar-refractivity contribution is -0.174. The van der Waals surface area contributed by atoms with Crippen LogP contribution in [-0.4, -0.2) is 31.0 Å². The third-order valence-electron chi connectivity index (χ3n) is 4.88. The van der Waals surface area contributed by atoms with Crippen molar-refractivity contribution in [1.82, 2.24) is 0 Å². The first-order chi connectivity index (χ1) is 11.7. The third kappa shape index (κ3) is 5.82. The normalized spacial score (nSPS) is 23.1. The number of aryl methyl sites for hydroxylation is 1. The molecule has 25 heavy (non-hydrogen) atoms. The maximum atomic E-state index is 6.19. The fourth-order valence-corrected chi connectivity index (χ4v) is 3.45. The number of anilines is 1. The molecule has 1 aliphatic heterocycles. The Morgan fingerprint density at radius 3 is 2.52 bits per heavy atom. The van der Waals surface area contributed by atoms with Gasteiger partial charge in [-0.05, 0) is 37.0 Å². The third-order valence-corrected chi connectivity index (χ3v) is 4.88. The number of nitrogens with two attached hydrogens (primary N) is 1. The van der Waals surface area contributed by atoms with Gasteiger partial charge in [0, 0.05) is 18.5 Å². The maximum absolute atomic E-state index is 6.19. The number of hydrogen-bond acceptors (Lipinski definition) is 3. The van der Waals surface area contributed by atoms with Crippen molar-refractivity contribution in [2.24, 2.45) is 10.7 Å². The Hall–Kier alpha value is -0.860. The number of nitrogens with one attached hydrogen (secondary N) is 1. The lowest BCUT2D eigenvalue weighted by Gasteiger charge is -2.26. The van der Waals surface area contributed by atoms with Gasteiger partial charge >= 0.3 is 0 Å². The summed E-state index contributed by atoms with van der Waals surface area (Å²) >= 11 is 0. The standard InChI is InChI=1S/C19H29N3O2.HI/c1-2-15-7-9-16(10-8-15)22-18(20)21-13-17-14-23-19(24-17)11-5-3-4-6-12-19;/h7-10,17H,2-6,11-14H2,1H3,(H3,20,21,22);1H. The first-order valence-electron chi connectivity index (χ1n) is 9.17. The molecule has 2 fully saturated rings. The van der Waals surface area contributed by atoms with Crippen LogP contribution in [0.15, 0.2) is 29.3 Å². The lowest BCUT2D eigenvalue weighted by Crippen LogP contribution is -2.31. The zero-order valence-electron chi connectivity index (χ0n) is 15.0. The van der Waals surface area contributed by atoms with Crippen LogP contribution in [0.2, 0.25) is 0 Å². The van der Waals surface area contributed by atoms with Crippen molar-refractivity contribution in [3.8, 4) is 0 Å². The molecule has 1 heterocycles. The van der Waals surface area contributed by atoms with Gasteiger partial charge in [0.15, 0.2) is 11.7 Å². The summed E-state index contributed by atoms with van der Waals surface area (Å²) in [6, 6.07) is 8.24. The Bertz CT molecular complexity index is 554. The molecule has 1 aromatic rings. The predicted molar refractivity (Wildman–Crippen MR) is 113 cm³/mol. The van der Waals surface area contributed by atoms with Gasteiger partial charge < -0.3 is 20.5 Å². The molecule has 0 radical (unpaired) electrons. The smallest absolute Gasteiger partial charge is 0.193 e. The number of hydrogen-bond donors (Lipinski definition) is 2. The Morgan fingerprint density at radius 2 is 1.88 bits per heavy atom. The Balaban J connectivity index is 0.00000225. The summed E-state index contributed by atoms with van der Waals surface area (Å²) < 4.78 is 12.2. The van der Waals surface area contributed by atoms with E-state index in [1.165, 1.54) is 31.2 Å². The van der Waals surface area contributed by atoms with E-state index in [1.807, 2.05) is 12.1 Å². The van der Waals surface area contributed by atoms with Gasteiger partial charge in [-0.25, -0.2) is 0 Å². The van der Waals surface area contributed by atoms with E-state index in [-0.39, 0.29) is 35.9 Å². The highest BCUT2D eigenvalue weighted by Crippen LogP contribution is 2.36. The molecule has 1 unspecified atom stereocenters. The number of aliphatic imine (C=N–C) groups is 1. The van der Waals surface area contributed by atoms with E-state index >= 15 is 0 Å². The van der Waals surface area contributed by atoms with Crippen molar-refractivity contribution in [2.45, 2.75) is 63.8 Å². The van der Waals surface area contributed by atoms with Gasteiger partial charge in [-0.2, -0.15) is 0 Å². The van der Waals surface area contributed by atoms with E-state index in [9.17, 15) is 0 Å². The van der Waals surface area contributed by atoms with Crippen molar-refractivity contribution in [2.75, 3.05) is 18.5 Å². The number of guanidine groups is 1. The average Bonchev–Trinajstić information content (AvgIpc) is 2.85. The van der Waals surface area contributed by atoms with Crippen LogP contribution in [0.3, 0.4) is 0 Å². The van der Waals surface area contributed by atoms with E-state index in [2.05, 4.69) is 29.4 Å². The number of benzene rings is 1. The topological polar surface area (TPSA) is 68.9 Å².